The molecule has 0 saturated heterocycles. The van der Waals surface area contributed by atoms with Gasteiger partial charge in [0, 0.05) is 24.3 Å². The first kappa shape index (κ1) is 12.9. The summed E-state index contributed by atoms with van der Waals surface area (Å²) in [5.41, 5.74) is 2.58. The van der Waals surface area contributed by atoms with Crippen LogP contribution in [0.1, 0.15) is 43.9 Å². The number of hydrogen-bond acceptors (Lipinski definition) is 3. The van der Waals surface area contributed by atoms with Crippen molar-refractivity contribution in [3.63, 3.8) is 0 Å². The van der Waals surface area contributed by atoms with E-state index in [0.717, 1.165) is 30.3 Å². The molecule has 96 valence electrons. The van der Waals surface area contributed by atoms with Gasteiger partial charge in [0.1, 0.15) is 0 Å². The molecule has 0 spiro atoms. The molecule has 3 heteroatoms. The zero-order chi connectivity index (χ0) is 13.1. The highest BCUT2D eigenvalue weighted by Crippen LogP contribution is 2.34. The monoisotopic (exact) mass is 244 g/mol. The van der Waals surface area contributed by atoms with Crippen LogP contribution in [-0.2, 0) is 0 Å². The fourth-order valence-corrected chi connectivity index (χ4v) is 2.25. The van der Waals surface area contributed by atoms with Crippen LogP contribution >= 0.6 is 0 Å². The molecule has 0 aliphatic heterocycles. The molecule has 0 bridgehead atoms. The van der Waals surface area contributed by atoms with Gasteiger partial charge in [-0.25, -0.2) is 0 Å². The Labute approximate surface area is 109 Å². The smallest absolute Gasteiger partial charge is 0.0992 e. The van der Waals surface area contributed by atoms with Crippen LogP contribution in [0.15, 0.2) is 18.2 Å². The van der Waals surface area contributed by atoms with E-state index < -0.39 is 6.10 Å². The average Bonchev–Trinajstić information content (AvgIpc) is 3.19. The van der Waals surface area contributed by atoms with Crippen LogP contribution in [0.4, 0.5) is 5.69 Å². The lowest BCUT2D eigenvalue weighted by molar-refractivity contribution is 0.199. The van der Waals surface area contributed by atoms with Crippen molar-refractivity contribution in [3.8, 4) is 6.07 Å². The van der Waals surface area contributed by atoms with E-state index >= 15 is 0 Å². The molecule has 18 heavy (non-hydrogen) atoms. The van der Waals surface area contributed by atoms with Gasteiger partial charge >= 0.3 is 0 Å². The minimum Gasteiger partial charge on any atom is -0.389 e. The molecule has 1 fully saturated rings. The lowest BCUT2D eigenvalue weighted by Crippen LogP contribution is -2.26. The van der Waals surface area contributed by atoms with E-state index in [-0.39, 0.29) is 0 Å². The van der Waals surface area contributed by atoms with Crippen molar-refractivity contribution in [1.29, 1.82) is 5.26 Å². The fraction of sp³-hybridized carbons (Fsp3) is 0.533. The number of nitriles is 1. The van der Waals surface area contributed by atoms with E-state index in [1.807, 2.05) is 12.1 Å². The molecule has 0 aromatic heterocycles. The predicted octanol–water partition coefficient (Wildman–Crippen LogP) is 2.85. The number of aliphatic hydroxyl groups excluding tert-OH is 1. The minimum absolute atomic E-state index is 0.499. The van der Waals surface area contributed by atoms with Crippen molar-refractivity contribution in [1.82, 2.24) is 0 Å². The van der Waals surface area contributed by atoms with Gasteiger partial charge in [-0.05, 0) is 44.7 Å². The summed E-state index contributed by atoms with van der Waals surface area (Å²) in [4.78, 5) is 2.28. The summed E-state index contributed by atoms with van der Waals surface area (Å²) in [6.07, 6.45) is 2.11. The molecule has 3 nitrogen and oxygen atoms in total. The van der Waals surface area contributed by atoms with Crippen molar-refractivity contribution in [2.24, 2.45) is 5.92 Å². The Morgan fingerprint density at radius 1 is 1.50 bits per heavy atom. The van der Waals surface area contributed by atoms with Gasteiger partial charge in [0.15, 0.2) is 0 Å². The molecule has 1 aromatic carbocycles. The van der Waals surface area contributed by atoms with Crippen LogP contribution in [0, 0.1) is 17.2 Å². The summed E-state index contributed by atoms with van der Waals surface area (Å²) in [7, 11) is 0. The first-order chi connectivity index (χ1) is 8.65. The molecule has 0 amide bonds. The molecule has 1 aliphatic carbocycles. The van der Waals surface area contributed by atoms with Gasteiger partial charge in [0.25, 0.3) is 0 Å². The van der Waals surface area contributed by atoms with E-state index in [4.69, 9.17) is 5.26 Å². The van der Waals surface area contributed by atoms with Crippen molar-refractivity contribution < 1.29 is 5.11 Å². The first-order valence-electron chi connectivity index (χ1n) is 6.62. The van der Waals surface area contributed by atoms with E-state index in [9.17, 15) is 5.11 Å². The topological polar surface area (TPSA) is 47.3 Å². The summed E-state index contributed by atoms with van der Waals surface area (Å²) < 4.78 is 0. The van der Waals surface area contributed by atoms with Crippen LogP contribution < -0.4 is 4.90 Å². The number of hydrogen-bond donors (Lipinski definition) is 1. The minimum atomic E-state index is -0.499. The summed E-state index contributed by atoms with van der Waals surface area (Å²) in [6.45, 7) is 5.83. The zero-order valence-electron chi connectivity index (χ0n) is 11.1. The SMILES string of the molecule is CCN(CC1CC1)c1cc(C#N)ccc1C(C)O. The summed E-state index contributed by atoms with van der Waals surface area (Å²) in [6, 6.07) is 7.71. The highest BCUT2D eigenvalue weighted by Gasteiger charge is 2.25. The van der Waals surface area contributed by atoms with Gasteiger partial charge in [0.2, 0.25) is 0 Å². The second kappa shape index (κ2) is 5.41. The Hall–Kier alpha value is -1.53. The summed E-state index contributed by atoms with van der Waals surface area (Å²) in [5.74, 6) is 0.789. The lowest BCUT2D eigenvalue weighted by atomic mass is 10.0. The van der Waals surface area contributed by atoms with Crippen LogP contribution in [0.25, 0.3) is 0 Å². The Balaban J connectivity index is 2.34. The van der Waals surface area contributed by atoms with E-state index in [2.05, 4.69) is 17.9 Å². The molecule has 1 saturated carbocycles. The normalized spacial score (nSPS) is 16.1. The molecule has 1 N–H and O–H groups in total. The van der Waals surface area contributed by atoms with E-state index in [1.165, 1.54) is 12.8 Å². The Kier molecular flexibility index (Phi) is 3.88. The predicted molar refractivity (Wildman–Crippen MR) is 72.4 cm³/mol. The number of anilines is 1. The molecule has 0 radical (unpaired) electrons. The van der Waals surface area contributed by atoms with Crippen LogP contribution in [0.2, 0.25) is 0 Å². The molecular weight excluding hydrogens is 224 g/mol. The Morgan fingerprint density at radius 2 is 2.22 bits per heavy atom. The average molecular weight is 244 g/mol. The maximum absolute atomic E-state index is 9.85. The van der Waals surface area contributed by atoms with Crippen LogP contribution in [0.5, 0.6) is 0 Å². The summed E-state index contributed by atoms with van der Waals surface area (Å²) in [5, 5.41) is 18.9. The molecule has 1 aliphatic rings. The van der Waals surface area contributed by atoms with Crippen molar-refractivity contribution >= 4 is 5.69 Å². The lowest BCUT2D eigenvalue weighted by Gasteiger charge is -2.27. The standard InChI is InChI=1S/C15H20N2O/c1-3-17(10-12-4-5-12)15-8-13(9-16)6-7-14(15)11(2)18/h6-8,11-12,18H,3-5,10H2,1-2H3. The fourth-order valence-electron chi connectivity index (χ4n) is 2.25. The van der Waals surface area contributed by atoms with Gasteiger partial charge in [-0.15, -0.1) is 0 Å². The third-order valence-electron chi connectivity index (χ3n) is 3.51. The van der Waals surface area contributed by atoms with E-state index in [0.29, 0.717) is 5.56 Å². The molecule has 0 heterocycles. The van der Waals surface area contributed by atoms with Gasteiger partial charge in [-0.2, -0.15) is 5.26 Å². The van der Waals surface area contributed by atoms with Crippen LogP contribution in [-0.4, -0.2) is 18.2 Å². The third-order valence-corrected chi connectivity index (χ3v) is 3.51. The Morgan fingerprint density at radius 3 is 2.72 bits per heavy atom. The van der Waals surface area contributed by atoms with Gasteiger partial charge in [0.05, 0.1) is 17.7 Å². The van der Waals surface area contributed by atoms with Gasteiger partial charge < -0.3 is 10.0 Å². The molecule has 1 unspecified atom stereocenters. The maximum atomic E-state index is 9.85. The van der Waals surface area contributed by atoms with Crippen molar-refractivity contribution in [2.75, 3.05) is 18.0 Å². The van der Waals surface area contributed by atoms with Crippen molar-refractivity contribution in [3.05, 3.63) is 29.3 Å². The van der Waals surface area contributed by atoms with Gasteiger partial charge in [-0.3, -0.25) is 0 Å². The number of nitrogens with zero attached hydrogens (tertiary/aromatic N) is 2. The molecule has 1 aromatic rings. The first-order valence-corrected chi connectivity index (χ1v) is 6.62. The van der Waals surface area contributed by atoms with Crippen LogP contribution in [0.3, 0.4) is 0 Å². The molecule has 2 rings (SSSR count). The molecular formula is C15H20N2O. The molecule has 1 atom stereocenters. The number of benzene rings is 1. The summed E-state index contributed by atoms with van der Waals surface area (Å²) >= 11 is 0. The Bertz CT molecular complexity index is 458. The number of rotatable bonds is 5. The van der Waals surface area contributed by atoms with E-state index in [1.54, 1.807) is 13.0 Å². The largest absolute Gasteiger partial charge is 0.389 e. The van der Waals surface area contributed by atoms with Crippen molar-refractivity contribution in [2.45, 2.75) is 32.8 Å². The highest BCUT2D eigenvalue weighted by molar-refractivity contribution is 5.58. The quantitative estimate of drug-likeness (QED) is 0.866. The second-order valence-corrected chi connectivity index (χ2v) is 5.04. The maximum Gasteiger partial charge on any atom is 0.0992 e. The zero-order valence-corrected chi connectivity index (χ0v) is 11.1. The number of aliphatic hydroxyl groups is 1. The second-order valence-electron chi connectivity index (χ2n) is 5.04. The highest BCUT2D eigenvalue weighted by atomic mass is 16.3. The third kappa shape index (κ3) is 2.83. The van der Waals surface area contributed by atoms with Gasteiger partial charge in [-0.1, -0.05) is 6.07 Å².